The lowest BCUT2D eigenvalue weighted by Gasteiger charge is -2.21. The SMILES string of the molecule is CC(C)OCCN(C)c1ccc(CO)cc1Br. The number of anilines is 1. The third-order valence-corrected chi connectivity index (χ3v) is 3.12. The van der Waals surface area contributed by atoms with Gasteiger partial charge in [0.05, 0.1) is 25.0 Å². The minimum atomic E-state index is 0.0685. The van der Waals surface area contributed by atoms with Gasteiger partial charge >= 0.3 is 0 Å². The van der Waals surface area contributed by atoms with E-state index in [4.69, 9.17) is 9.84 Å². The Morgan fingerprint density at radius 3 is 2.65 bits per heavy atom. The number of nitrogens with zero attached hydrogens (tertiary/aromatic N) is 1. The van der Waals surface area contributed by atoms with Crippen LogP contribution in [-0.2, 0) is 11.3 Å². The Morgan fingerprint density at radius 1 is 1.41 bits per heavy atom. The Hall–Kier alpha value is -0.580. The monoisotopic (exact) mass is 301 g/mol. The van der Waals surface area contributed by atoms with Gasteiger partial charge in [-0.05, 0) is 47.5 Å². The zero-order valence-corrected chi connectivity index (χ0v) is 12.2. The molecule has 0 radical (unpaired) electrons. The van der Waals surface area contributed by atoms with Gasteiger partial charge in [0.1, 0.15) is 0 Å². The molecule has 3 nitrogen and oxygen atoms in total. The number of halogens is 1. The van der Waals surface area contributed by atoms with Gasteiger partial charge in [0, 0.05) is 18.1 Å². The van der Waals surface area contributed by atoms with Gasteiger partial charge in [-0.1, -0.05) is 6.07 Å². The molecule has 0 heterocycles. The van der Waals surface area contributed by atoms with Gasteiger partial charge in [-0.2, -0.15) is 0 Å². The van der Waals surface area contributed by atoms with Crippen LogP contribution in [0.4, 0.5) is 5.69 Å². The minimum Gasteiger partial charge on any atom is -0.392 e. The molecule has 1 aromatic rings. The summed E-state index contributed by atoms with van der Waals surface area (Å²) in [6.07, 6.45) is 0.267. The van der Waals surface area contributed by atoms with E-state index in [-0.39, 0.29) is 12.7 Å². The fraction of sp³-hybridized carbons (Fsp3) is 0.538. The molecule has 0 atom stereocenters. The number of aliphatic hydroxyl groups is 1. The van der Waals surface area contributed by atoms with Gasteiger partial charge < -0.3 is 14.7 Å². The van der Waals surface area contributed by atoms with Gasteiger partial charge in [-0.25, -0.2) is 0 Å². The third kappa shape index (κ3) is 4.66. The average molecular weight is 302 g/mol. The van der Waals surface area contributed by atoms with Crippen molar-refractivity contribution in [3.8, 4) is 0 Å². The highest BCUT2D eigenvalue weighted by Crippen LogP contribution is 2.26. The third-order valence-electron chi connectivity index (χ3n) is 2.48. The molecule has 1 rings (SSSR count). The van der Waals surface area contributed by atoms with Crippen molar-refractivity contribution in [3.63, 3.8) is 0 Å². The van der Waals surface area contributed by atoms with E-state index < -0.39 is 0 Å². The summed E-state index contributed by atoms with van der Waals surface area (Å²) >= 11 is 3.52. The van der Waals surface area contributed by atoms with Crippen LogP contribution in [-0.4, -0.2) is 31.4 Å². The van der Waals surface area contributed by atoms with E-state index >= 15 is 0 Å². The number of rotatable bonds is 6. The number of ether oxygens (including phenoxy) is 1. The molecule has 0 aliphatic heterocycles. The fourth-order valence-electron chi connectivity index (χ4n) is 1.50. The molecule has 0 bridgehead atoms. The van der Waals surface area contributed by atoms with Crippen molar-refractivity contribution >= 4 is 21.6 Å². The van der Waals surface area contributed by atoms with Crippen LogP contribution >= 0.6 is 15.9 Å². The van der Waals surface area contributed by atoms with E-state index in [1.165, 1.54) is 0 Å². The fourth-order valence-corrected chi connectivity index (χ4v) is 2.23. The zero-order chi connectivity index (χ0) is 12.8. The molecule has 96 valence electrons. The topological polar surface area (TPSA) is 32.7 Å². The highest BCUT2D eigenvalue weighted by atomic mass is 79.9. The van der Waals surface area contributed by atoms with E-state index in [1.54, 1.807) is 0 Å². The Labute approximate surface area is 112 Å². The van der Waals surface area contributed by atoms with Gasteiger partial charge in [0.25, 0.3) is 0 Å². The number of benzene rings is 1. The van der Waals surface area contributed by atoms with E-state index in [0.29, 0.717) is 6.61 Å². The van der Waals surface area contributed by atoms with Crippen molar-refractivity contribution in [2.45, 2.75) is 26.6 Å². The van der Waals surface area contributed by atoms with Crippen molar-refractivity contribution in [1.29, 1.82) is 0 Å². The molecule has 0 saturated carbocycles. The molecule has 4 heteroatoms. The standard InChI is InChI=1S/C13H20BrNO2/c1-10(2)17-7-6-15(3)13-5-4-11(9-16)8-12(13)14/h4-5,8,10,16H,6-7,9H2,1-3H3. The van der Waals surface area contributed by atoms with E-state index in [0.717, 1.165) is 22.3 Å². The molecule has 0 aliphatic carbocycles. The summed E-state index contributed by atoms with van der Waals surface area (Å²) < 4.78 is 6.52. The smallest absolute Gasteiger partial charge is 0.0682 e. The molecule has 1 aromatic carbocycles. The molecular weight excluding hydrogens is 282 g/mol. The highest BCUT2D eigenvalue weighted by molar-refractivity contribution is 9.10. The summed E-state index contributed by atoms with van der Waals surface area (Å²) in [6.45, 7) is 5.69. The van der Waals surface area contributed by atoms with Gasteiger partial charge in [0.15, 0.2) is 0 Å². The zero-order valence-electron chi connectivity index (χ0n) is 10.6. The first-order valence-corrected chi connectivity index (χ1v) is 6.56. The largest absolute Gasteiger partial charge is 0.392 e. The maximum atomic E-state index is 9.04. The van der Waals surface area contributed by atoms with E-state index in [2.05, 4.69) is 20.8 Å². The Kier molecular flexibility index (Phi) is 5.95. The molecule has 0 amide bonds. The molecule has 0 unspecified atom stereocenters. The first-order valence-electron chi connectivity index (χ1n) is 5.76. The van der Waals surface area contributed by atoms with Crippen LogP contribution < -0.4 is 4.90 Å². The van der Waals surface area contributed by atoms with Crippen LogP contribution in [0, 0.1) is 0 Å². The van der Waals surface area contributed by atoms with Crippen molar-refractivity contribution in [1.82, 2.24) is 0 Å². The van der Waals surface area contributed by atoms with Crippen LogP contribution in [0.3, 0.4) is 0 Å². The summed E-state index contributed by atoms with van der Waals surface area (Å²) in [5.41, 5.74) is 2.02. The molecule has 0 aliphatic rings. The second kappa shape index (κ2) is 6.99. The predicted octanol–water partition coefficient (Wildman–Crippen LogP) is 2.80. The van der Waals surface area contributed by atoms with E-state index in [1.807, 2.05) is 39.1 Å². The first-order chi connectivity index (χ1) is 8.04. The summed E-state index contributed by atoms with van der Waals surface area (Å²) in [4.78, 5) is 2.13. The minimum absolute atomic E-state index is 0.0685. The summed E-state index contributed by atoms with van der Waals surface area (Å²) in [7, 11) is 2.03. The normalized spacial score (nSPS) is 10.9. The molecule has 0 aromatic heterocycles. The van der Waals surface area contributed by atoms with Gasteiger partial charge in [0.2, 0.25) is 0 Å². The number of hydrogen-bond donors (Lipinski definition) is 1. The maximum Gasteiger partial charge on any atom is 0.0682 e. The van der Waals surface area contributed by atoms with E-state index in [9.17, 15) is 0 Å². The first kappa shape index (κ1) is 14.5. The van der Waals surface area contributed by atoms with Gasteiger partial charge in [-0.15, -0.1) is 0 Å². The second-order valence-electron chi connectivity index (χ2n) is 4.28. The summed E-state index contributed by atoms with van der Waals surface area (Å²) in [5, 5.41) is 9.04. The van der Waals surface area contributed by atoms with Crippen molar-refractivity contribution in [2.75, 3.05) is 25.1 Å². The van der Waals surface area contributed by atoms with Crippen molar-refractivity contribution in [3.05, 3.63) is 28.2 Å². The van der Waals surface area contributed by atoms with Crippen LogP contribution in [0.25, 0.3) is 0 Å². The Bertz CT molecular complexity index is 355. The Morgan fingerprint density at radius 2 is 2.12 bits per heavy atom. The van der Waals surface area contributed by atoms with Gasteiger partial charge in [-0.3, -0.25) is 0 Å². The molecule has 0 fully saturated rings. The predicted molar refractivity (Wildman–Crippen MR) is 74.4 cm³/mol. The lowest BCUT2D eigenvalue weighted by molar-refractivity contribution is 0.0846. The summed E-state index contributed by atoms with van der Waals surface area (Å²) in [6, 6.07) is 5.88. The van der Waals surface area contributed by atoms with Crippen molar-refractivity contribution in [2.24, 2.45) is 0 Å². The van der Waals surface area contributed by atoms with Crippen LogP contribution in [0.5, 0.6) is 0 Å². The number of likely N-dealkylation sites (N-methyl/N-ethyl adjacent to an activating group) is 1. The van der Waals surface area contributed by atoms with Crippen LogP contribution in [0.1, 0.15) is 19.4 Å². The average Bonchev–Trinajstić information content (AvgIpc) is 2.28. The Balaban J connectivity index is 2.59. The number of aliphatic hydroxyl groups excluding tert-OH is 1. The second-order valence-corrected chi connectivity index (χ2v) is 5.14. The molecule has 0 spiro atoms. The lowest BCUT2D eigenvalue weighted by atomic mass is 10.2. The quantitative estimate of drug-likeness (QED) is 0.877. The number of hydrogen-bond acceptors (Lipinski definition) is 3. The molecule has 1 N–H and O–H groups in total. The lowest BCUT2D eigenvalue weighted by Crippen LogP contribution is -2.24. The maximum absolute atomic E-state index is 9.04. The molecular formula is C13H20BrNO2. The van der Waals surface area contributed by atoms with Crippen LogP contribution in [0.2, 0.25) is 0 Å². The van der Waals surface area contributed by atoms with Crippen LogP contribution in [0.15, 0.2) is 22.7 Å². The van der Waals surface area contributed by atoms with Crippen molar-refractivity contribution < 1.29 is 9.84 Å². The molecule has 17 heavy (non-hydrogen) atoms. The summed E-state index contributed by atoms with van der Waals surface area (Å²) in [5.74, 6) is 0. The molecule has 0 saturated heterocycles. The highest BCUT2D eigenvalue weighted by Gasteiger charge is 2.06.